The summed E-state index contributed by atoms with van der Waals surface area (Å²) in [5.41, 5.74) is 0.921. The number of benzene rings is 1. The van der Waals surface area contributed by atoms with E-state index in [1.165, 1.54) is 37.8 Å². The minimum Gasteiger partial charge on any atom is -0.354 e. The molecule has 1 saturated carbocycles. The standard InChI is InChI=1S/C14H20FN3/c1-16-14(18-13-7-2-3-8-13)17-10-11-5-4-6-12(15)9-11/h4-6,9,13H,2-3,7-8,10H2,1H3,(H2,16,17,18). The summed E-state index contributed by atoms with van der Waals surface area (Å²) in [6, 6.07) is 7.15. The van der Waals surface area contributed by atoms with E-state index in [1.807, 2.05) is 6.07 Å². The molecular formula is C14H20FN3. The van der Waals surface area contributed by atoms with Crippen LogP contribution in [0.2, 0.25) is 0 Å². The Morgan fingerprint density at radius 1 is 1.39 bits per heavy atom. The van der Waals surface area contributed by atoms with E-state index in [-0.39, 0.29) is 5.82 Å². The smallest absolute Gasteiger partial charge is 0.191 e. The van der Waals surface area contributed by atoms with Gasteiger partial charge >= 0.3 is 0 Å². The molecule has 0 unspecified atom stereocenters. The Kier molecular flexibility index (Phi) is 4.56. The van der Waals surface area contributed by atoms with Crippen LogP contribution in [0.4, 0.5) is 4.39 Å². The minimum atomic E-state index is -0.201. The largest absolute Gasteiger partial charge is 0.354 e. The lowest BCUT2D eigenvalue weighted by molar-refractivity contribution is 0.610. The summed E-state index contributed by atoms with van der Waals surface area (Å²) in [7, 11) is 1.76. The van der Waals surface area contributed by atoms with Crippen molar-refractivity contribution < 1.29 is 4.39 Å². The number of nitrogens with zero attached hydrogens (tertiary/aromatic N) is 1. The predicted octanol–water partition coefficient (Wildman–Crippen LogP) is 2.43. The molecule has 0 aliphatic heterocycles. The van der Waals surface area contributed by atoms with Crippen molar-refractivity contribution in [1.29, 1.82) is 0 Å². The maximum atomic E-state index is 13.0. The van der Waals surface area contributed by atoms with Crippen molar-refractivity contribution in [3.8, 4) is 0 Å². The van der Waals surface area contributed by atoms with Crippen LogP contribution < -0.4 is 10.6 Å². The van der Waals surface area contributed by atoms with Crippen LogP contribution in [0, 0.1) is 5.82 Å². The molecule has 1 aromatic rings. The molecule has 98 valence electrons. The molecule has 2 N–H and O–H groups in total. The van der Waals surface area contributed by atoms with Crippen molar-refractivity contribution in [3.05, 3.63) is 35.6 Å². The second-order valence-corrected chi connectivity index (χ2v) is 4.68. The number of halogens is 1. The van der Waals surface area contributed by atoms with Gasteiger partial charge in [-0.1, -0.05) is 25.0 Å². The summed E-state index contributed by atoms with van der Waals surface area (Å²) in [4.78, 5) is 4.19. The van der Waals surface area contributed by atoms with E-state index < -0.39 is 0 Å². The third-order valence-corrected chi connectivity index (χ3v) is 3.27. The number of hydrogen-bond acceptors (Lipinski definition) is 1. The van der Waals surface area contributed by atoms with Crippen molar-refractivity contribution in [2.75, 3.05) is 7.05 Å². The average Bonchev–Trinajstić information content (AvgIpc) is 2.87. The van der Waals surface area contributed by atoms with Crippen LogP contribution in [0.3, 0.4) is 0 Å². The Hall–Kier alpha value is -1.58. The monoisotopic (exact) mass is 249 g/mol. The third-order valence-electron chi connectivity index (χ3n) is 3.27. The first-order valence-electron chi connectivity index (χ1n) is 6.49. The van der Waals surface area contributed by atoms with Gasteiger partial charge in [0.2, 0.25) is 0 Å². The zero-order chi connectivity index (χ0) is 12.8. The highest BCUT2D eigenvalue weighted by Gasteiger charge is 2.15. The lowest BCUT2D eigenvalue weighted by Gasteiger charge is -2.16. The molecule has 0 amide bonds. The summed E-state index contributed by atoms with van der Waals surface area (Å²) in [5, 5.41) is 6.61. The van der Waals surface area contributed by atoms with E-state index in [0.29, 0.717) is 12.6 Å². The second-order valence-electron chi connectivity index (χ2n) is 4.68. The molecular weight excluding hydrogens is 229 g/mol. The topological polar surface area (TPSA) is 36.4 Å². The SMILES string of the molecule is CN=C(NCc1cccc(F)c1)NC1CCCC1. The van der Waals surface area contributed by atoms with Gasteiger partial charge < -0.3 is 10.6 Å². The molecule has 0 spiro atoms. The van der Waals surface area contributed by atoms with Crippen molar-refractivity contribution in [2.45, 2.75) is 38.3 Å². The summed E-state index contributed by atoms with van der Waals surface area (Å²) >= 11 is 0. The summed E-state index contributed by atoms with van der Waals surface area (Å²) in [5.74, 6) is 0.596. The van der Waals surface area contributed by atoms with E-state index in [2.05, 4.69) is 15.6 Å². The number of rotatable bonds is 3. The Morgan fingerprint density at radius 2 is 2.17 bits per heavy atom. The molecule has 1 fully saturated rings. The number of aliphatic imine (C=N–C) groups is 1. The van der Waals surface area contributed by atoms with Gasteiger partial charge in [0.1, 0.15) is 5.82 Å². The molecule has 2 rings (SSSR count). The maximum absolute atomic E-state index is 13.0. The number of guanidine groups is 1. The van der Waals surface area contributed by atoms with Crippen molar-refractivity contribution >= 4 is 5.96 Å². The summed E-state index contributed by atoms with van der Waals surface area (Å²) in [6.07, 6.45) is 5.00. The first-order valence-corrected chi connectivity index (χ1v) is 6.49. The highest BCUT2D eigenvalue weighted by Crippen LogP contribution is 2.17. The third kappa shape index (κ3) is 3.72. The van der Waals surface area contributed by atoms with Gasteiger partial charge in [-0.25, -0.2) is 4.39 Å². The van der Waals surface area contributed by atoms with Gasteiger partial charge in [-0.3, -0.25) is 4.99 Å². The van der Waals surface area contributed by atoms with E-state index in [4.69, 9.17) is 0 Å². The Bertz CT molecular complexity index is 411. The molecule has 4 heteroatoms. The zero-order valence-electron chi connectivity index (χ0n) is 10.7. The van der Waals surface area contributed by atoms with E-state index >= 15 is 0 Å². The zero-order valence-corrected chi connectivity index (χ0v) is 10.7. The van der Waals surface area contributed by atoms with Crippen LogP contribution in [0.1, 0.15) is 31.2 Å². The fraction of sp³-hybridized carbons (Fsp3) is 0.500. The second kappa shape index (κ2) is 6.38. The average molecular weight is 249 g/mol. The van der Waals surface area contributed by atoms with Crippen LogP contribution in [-0.4, -0.2) is 19.0 Å². The highest BCUT2D eigenvalue weighted by molar-refractivity contribution is 5.79. The minimum absolute atomic E-state index is 0.201. The van der Waals surface area contributed by atoms with Gasteiger partial charge in [-0.05, 0) is 30.5 Å². The normalized spacial score (nSPS) is 16.9. The van der Waals surface area contributed by atoms with Crippen molar-refractivity contribution in [1.82, 2.24) is 10.6 Å². The maximum Gasteiger partial charge on any atom is 0.191 e. The van der Waals surface area contributed by atoms with Gasteiger partial charge in [-0.2, -0.15) is 0 Å². The molecule has 0 aromatic heterocycles. The lowest BCUT2D eigenvalue weighted by atomic mass is 10.2. The molecule has 0 atom stereocenters. The van der Waals surface area contributed by atoms with Crippen molar-refractivity contribution in [3.63, 3.8) is 0 Å². The van der Waals surface area contributed by atoms with E-state index in [9.17, 15) is 4.39 Å². The fourth-order valence-electron chi connectivity index (χ4n) is 2.29. The molecule has 0 bridgehead atoms. The van der Waals surface area contributed by atoms with Gasteiger partial charge in [-0.15, -0.1) is 0 Å². The first kappa shape index (κ1) is 12.9. The van der Waals surface area contributed by atoms with Gasteiger partial charge in [0, 0.05) is 19.6 Å². The van der Waals surface area contributed by atoms with E-state index in [1.54, 1.807) is 13.1 Å². The van der Waals surface area contributed by atoms with Crippen molar-refractivity contribution in [2.24, 2.45) is 4.99 Å². The Labute approximate surface area is 108 Å². The molecule has 1 aliphatic rings. The van der Waals surface area contributed by atoms with Crippen LogP contribution in [0.25, 0.3) is 0 Å². The van der Waals surface area contributed by atoms with Crippen LogP contribution in [0.15, 0.2) is 29.3 Å². The molecule has 1 aromatic carbocycles. The van der Waals surface area contributed by atoms with E-state index in [0.717, 1.165) is 11.5 Å². The number of nitrogens with one attached hydrogen (secondary N) is 2. The van der Waals surface area contributed by atoms with Gasteiger partial charge in [0.05, 0.1) is 0 Å². The number of hydrogen-bond donors (Lipinski definition) is 2. The van der Waals surface area contributed by atoms with Gasteiger partial charge in [0.25, 0.3) is 0 Å². The summed E-state index contributed by atoms with van der Waals surface area (Å²) < 4.78 is 13.0. The molecule has 0 heterocycles. The quantitative estimate of drug-likeness (QED) is 0.637. The van der Waals surface area contributed by atoms with Gasteiger partial charge in [0.15, 0.2) is 5.96 Å². The van der Waals surface area contributed by atoms with Crippen LogP contribution >= 0.6 is 0 Å². The molecule has 0 saturated heterocycles. The Morgan fingerprint density at radius 3 is 2.83 bits per heavy atom. The summed E-state index contributed by atoms with van der Waals surface area (Å²) in [6.45, 7) is 0.587. The molecule has 3 nitrogen and oxygen atoms in total. The molecule has 1 aliphatic carbocycles. The highest BCUT2D eigenvalue weighted by atomic mass is 19.1. The predicted molar refractivity (Wildman–Crippen MR) is 72.0 cm³/mol. The first-order chi connectivity index (χ1) is 8.78. The fourth-order valence-corrected chi connectivity index (χ4v) is 2.29. The Balaban J connectivity index is 1.83. The lowest BCUT2D eigenvalue weighted by Crippen LogP contribution is -2.41. The molecule has 0 radical (unpaired) electrons. The van der Waals surface area contributed by atoms with Crippen LogP contribution in [-0.2, 0) is 6.54 Å². The van der Waals surface area contributed by atoms with Crippen LogP contribution in [0.5, 0.6) is 0 Å². The molecule has 18 heavy (non-hydrogen) atoms.